The summed E-state index contributed by atoms with van der Waals surface area (Å²) >= 11 is 0. The summed E-state index contributed by atoms with van der Waals surface area (Å²) in [6, 6.07) is 0. The SMILES string of the molecule is O=S(=O)(C1CCOCC1)N1CCCN(CCO)CC1. The number of rotatable bonds is 4. The van der Waals surface area contributed by atoms with Gasteiger partial charge in [-0.25, -0.2) is 12.7 Å². The number of nitrogens with zero attached hydrogens (tertiary/aromatic N) is 2. The van der Waals surface area contributed by atoms with Crippen molar-refractivity contribution in [2.75, 3.05) is 52.5 Å². The smallest absolute Gasteiger partial charge is 0.217 e. The third kappa shape index (κ3) is 3.88. The number of hydrogen-bond donors (Lipinski definition) is 1. The van der Waals surface area contributed by atoms with Crippen molar-refractivity contribution in [3.8, 4) is 0 Å². The first-order chi connectivity index (χ1) is 9.14. The van der Waals surface area contributed by atoms with E-state index in [1.165, 1.54) is 0 Å². The van der Waals surface area contributed by atoms with Crippen molar-refractivity contribution in [1.82, 2.24) is 9.21 Å². The molecule has 2 saturated heterocycles. The van der Waals surface area contributed by atoms with Crippen LogP contribution in [0.2, 0.25) is 0 Å². The van der Waals surface area contributed by atoms with E-state index in [9.17, 15) is 8.42 Å². The number of aliphatic hydroxyl groups excluding tert-OH is 1. The summed E-state index contributed by atoms with van der Waals surface area (Å²) in [5.41, 5.74) is 0. The summed E-state index contributed by atoms with van der Waals surface area (Å²) in [5, 5.41) is 8.68. The van der Waals surface area contributed by atoms with Gasteiger partial charge in [-0.3, -0.25) is 4.90 Å². The Labute approximate surface area is 115 Å². The maximum absolute atomic E-state index is 12.6. The van der Waals surface area contributed by atoms with Crippen LogP contribution in [-0.2, 0) is 14.8 Å². The molecule has 0 aromatic rings. The number of aliphatic hydroxyl groups is 1. The molecule has 2 rings (SSSR count). The molecule has 2 aliphatic rings. The van der Waals surface area contributed by atoms with E-state index in [2.05, 4.69) is 4.90 Å². The van der Waals surface area contributed by atoms with E-state index in [0.717, 1.165) is 13.0 Å². The largest absolute Gasteiger partial charge is 0.395 e. The number of sulfonamides is 1. The highest BCUT2D eigenvalue weighted by Crippen LogP contribution is 2.21. The molecule has 19 heavy (non-hydrogen) atoms. The molecule has 1 N–H and O–H groups in total. The summed E-state index contributed by atoms with van der Waals surface area (Å²) in [6.45, 7) is 4.57. The average molecular weight is 292 g/mol. The quantitative estimate of drug-likeness (QED) is 0.756. The molecular weight excluding hydrogens is 268 g/mol. The van der Waals surface area contributed by atoms with Crippen molar-refractivity contribution < 1.29 is 18.3 Å². The van der Waals surface area contributed by atoms with Crippen LogP contribution < -0.4 is 0 Å². The van der Waals surface area contributed by atoms with Crippen LogP contribution in [0.4, 0.5) is 0 Å². The molecule has 112 valence electrons. The minimum atomic E-state index is -3.18. The van der Waals surface area contributed by atoms with E-state index in [-0.39, 0.29) is 11.9 Å². The van der Waals surface area contributed by atoms with Gasteiger partial charge in [0, 0.05) is 39.4 Å². The zero-order chi connectivity index (χ0) is 13.7. The summed E-state index contributed by atoms with van der Waals surface area (Å²) in [6.07, 6.45) is 2.06. The lowest BCUT2D eigenvalue weighted by molar-refractivity contribution is 0.0972. The van der Waals surface area contributed by atoms with Gasteiger partial charge in [0.2, 0.25) is 10.0 Å². The van der Waals surface area contributed by atoms with Gasteiger partial charge in [0.15, 0.2) is 0 Å². The monoisotopic (exact) mass is 292 g/mol. The maximum atomic E-state index is 12.6. The van der Waals surface area contributed by atoms with Crippen molar-refractivity contribution in [2.24, 2.45) is 0 Å². The van der Waals surface area contributed by atoms with Crippen LogP contribution in [0.25, 0.3) is 0 Å². The lowest BCUT2D eigenvalue weighted by Crippen LogP contribution is -2.43. The van der Waals surface area contributed by atoms with Crippen LogP contribution in [0, 0.1) is 0 Å². The van der Waals surface area contributed by atoms with Gasteiger partial charge < -0.3 is 9.84 Å². The molecule has 0 amide bonds. The van der Waals surface area contributed by atoms with E-state index >= 15 is 0 Å². The van der Waals surface area contributed by atoms with Crippen molar-refractivity contribution in [3.05, 3.63) is 0 Å². The lowest BCUT2D eigenvalue weighted by atomic mass is 10.2. The fourth-order valence-electron chi connectivity index (χ4n) is 2.75. The van der Waals surface area contributed by atoms with Crippen LogP contribution >= 0.6 is 0 Å². The fourth-order valence-corrected chi connectivity index (χ4v) is 4.68. The minimum Gasteiger partial charge on any atom is -0.395 e. The average Bonchev–Trinajstić information content (AvgIpc) is 2.66. The number of hydrogen-bond acceptors (Lipinski definition) is 5. The number of β-amino-alcohol motifs (C(OH)–C–C–N with tert-alkyl or cyclic N) is 1. The van der Waals surface area contributed by atoms with E-state index in [1.54, 1.807) is 4.31 Å². The molecule has 0 bridgehead atoms. The van der Waals surface area contributed by atoms with Crippen molar-refractivity contribution in [2.45, 2.75) is 24.5 Å². The standard InChI is InChI=1S/C12H24N2O4S/c15-9-8-13-4-1-5-14(7-6-13)19(16,17)12-2-10-18-11-3-12/h12,15H,1-11H2. The molecule has 2 fully saturated rings. The molecule has 2 heterocycles. The Hall–Kier alpha value is -0.210. The molecule has 0 aromatic carbocycles. The van der Waals surface area contributed by atoms with Crippen LogP contribution in [-0.4, -0.2) is 80.5 Å². The first-order valence-corrected chi connectivity index (χ1v) is 8.55. The molecule has 0 aromatic heterocycles. The number of ether oxygens (including phenoxy) is 1. The minimum absolute atomic E-state index is 0.132. The second kappa shape index (κ2) is 6.99. The summed E-state index contributed by atoms with van der Waals surface area (Å²) in [4.78, 5) is 2.12. The molecule has 0 unspecified atom stereocenters. The van der Waals surface area contributed by atoms with Crippen molar-refractivity contribution in [3.63, 3.8) is 0 Å². The van der Waals surface area contributed by atoms with Gasteiger partial charge in [-0.15, -0.1) is 0 Å². The predicted octanol–water partition coefficient (Wildman–Crippen LogP) is -0.505. The summed E-state index contributed by atoms with van der Waals surface area (Å²) in [5.74, 6) is 0. The third-order valence-corrected chi connectivity index (χ3v) is 6.31. The van der Waals surface area contributed by atoms with Gasteiger partial charge in [-0.2, -0.15) is 0 Å². The highest BCUT2D eigenvalue weighted by Gasteiger charge is 2.34. The molecule has 0 atom stereocenters. The zero-order valence-corrected chi connectivity index (χ0v) is 12.1. The van der Waals surface area contributed by atoms with Gasteiger partial charge in [0.1, 0.15) is 0 Å². The Kier molecular flexibility index (Phi) is 5.58. The second-order valence-electron chi connectivity index (χ2n) is 5.17. The topological polar surface area (TPSA) is 70.1 Å². The summed E-state index contributed by atoms with van der Waals surface area (Å²) < 4.78 is 32.0. The lowest BCUT2D eigenvalue weighted by Gasteiger charge is -2.28. The highest BCUT2D eigenvalue weighted by atomic mass is 32.2. The van der Waals surface area contributed by atoms with Crippen LogP contribution in [0.5, 0.6) is 0 Å². The van der Waals surface area contributed by atoms with Crippen molar-refractivity contribution in [1.29, 1.82) is 0 Å². The Bertz CT molecular complexity index is 368. The van der Waals surface area contributed by atoms with Gasteiger partial charge in [0.25, 0.3) is 0 Å². The van der Waals surface area contributed by atoms with Crippen LogP contribution in [0.1, 0.15) is 19.3 Å². The van der Waals surface area contributed by atoms with Gasteiger partial charge in [0.05, 0.1) is 11.9 Å². The molecule has 6 nitrogen and oxygen atoms in total. The van der Waals surface area contributed by atoms with Gasteiger partial charge >= 0.3 is 0 Å². The predicted molar refractivity (Wildman–Crippen MR) is 72.5 cm³/mol. The zero-order valence-electron chi connectivity index (χ0n) is 11.3. The molecule has 0 radical (unpaired) electrons. The first-order valence-electron chi connectivity index (χ1n) is 7.04. The molecular formula is C12H24N2O4S. The Morgan fingerprint density at radius 3 is 2.53 bits per heavy atom. The van der Waals surface area contributed by atoms with Crippen molar-refractivity contribution >= 4 is 10.0 Å². The maximum Gasteiger partial charge on any atom is 0.217 e. The van der Waals surface area contributed by atoms with Gasteiger partial charge in [-0.1, -0.05) is 0 Å². The highest BCUT2D eigenvalue weighted by molar-refractivity contribution is 7.89. The Morgan fingerprint density at radius 1 is 1.11 bits per heavy atom. The molecule has 2 aliphatic heterocycles. The molecule has 0 saturated carbocycles. The normalized spacial score (nSPS) is 25.3. The summed E-state index contributed by atoms with van der Waals surface area (Å²) in [7, 11) is -3.18. The fraction of sp³-hybridized carbons (Fsp3) is 1.00. The Balaban J connectivity index is 1.96. The second-order valence-corrected chi connectivity index (χ2v) is 7.39. The van der Waals surface area contributed by atoms with Crippen LogP contribution in [0.3, 0.4) is 0 Å². The van der Waals surface area contributed by atoms with E-state index in [4.69, 9.17) is 9.84 Å². The first kappa shape index (κ1) is 15.2. The third-order valence-electron chi connectivity index (χ3n) is 3.91. The Morgan fingerprint density at radius 2 is 1.84 bits per heavy atom. The van der Waals surface area contributed by atoms with E-state index in [0.29, 0.717) is 52.2 Å². The molecule has 0 spiro atoms. The van der Waals surface area contributed by atoms with E-state index < -0.39 is 10.0 Å². The van der Waals surface area contributed by atoms with Gasteiger partial charge in [-0.05, 0) is 25.8 Å². The van der Waals surface area contributed by atoms with E-state index in [1.807, 2.05) is 0 Å². The van der Waals surface area contributed by atoms with Crippen LogP contribution in [0.15, 0.2) is 0 Å². The molecule has 0 aliphatic carbocycles. The molecule has 7 heteroatoms.